The standard InChI is InChI=1S/C14H18N4O3/c1-13(2,3)21-12(20)18-14(6-8-16-11(19)17-14)10-5-4-7-15-9-10/h4-9H,1-3H3,(H,18,20)(H2,16,17,19). The van der Waals surface area contributed by atoms with E-state index < -0.39 is 23.4 Å². The highest BCUT2D eigenvalue weighted by molar-refractivity contribution is 5.79. The Labute approximate surface area is 122 Å². The molecule has 2 heterocycles. The Bertz CT molecular complexity index is 565. The lowest BCUT2D eigenvalue weighted by atomic mass is 10.0. The molecule has 2 rings (SSSR count). The summed E-state index contributed by atoms with van der Waals surface area (Å²) in [5, 5.41) is 7.83. The van der Waals surface area contributed by atoms with Crippen molar-refractivity contribution in [2.24, 2.45) is 0 Å². The van der Waals surface area contributed by atoms with Crippen LogP contribution in [0.3, 0.4) is 0 Å². The summed E-state index contributed by atoms with van der Waals surface area (Å²) in [6.45, 7) is 5.29. The Balaban J connectivity index is 2.30. The summed E-state index contributed by atoms with van der Waals surface area (Å²) in [5.74, 6) is 0. The molecule has 112 valence electrons. The molecule has 0 radical (unpaired) electrons. The van der Waals surface area contributed by atoms with Crippen LogP contribution < -0.4 is 16.0 Å². The third-order valence-electron chi connectivity index (χ3n) is 2.67. The number of ether oxygens (including phenoxy) is 1. The van der Waals surface area contributed by atoms with Gasteiger partial charge in [0.25, 0.3) is 0 Å². The Morgan fingerprint density at radius 2 is 2.19 bits per heavy atom. The van der Waals surface area contributed by atoms with Crippen LogP contribution in [0.4, 0.5) is 9.59 Å². The van der Waals surface area contributed by atoms with Gasteiger partial charge in [-0.3, -0.25) is 10.3 Å². The van der Waals surface area contributed by atoms with Gasteiger partial charge < -0.3 is 15.4 Å². The van der Waals surface area contributed by atoms with Crippen molar-refractivity contribution < 1.29 is 14.3 Å². The second kappa shape index (κ2) is 5.43. The molecular weight excluding hydrogens is 272 g/mol. The SMILES string of the molecule is CC(C)(C)OC(=O)NC1(c2cccnc2)C=CNC(=O)N1. The highest BCUT2D eigenvalue weighted by Crippen LogP contribution is 2.21. The summed E-state index contributed by atoms with van der Waals surface area (Å²) >= 11 is 0. The number of aromatic nitrogens is 1. The van der Waals surface area contributed by atoms with Crippen molar-refractivity contribution in [3.8, 4) is 0 Å². The van der Waals surface area contributed by atoms with Crippen molar-refractivity contribution in [2.45, 2.75) is 32.0 Å². The summed E-state index contributed by atoms with van der Waals surface area (Å²) in [6.07, 6.45) is 5.61. The van der Waals surface area contributed by atoms with E-state index in [4.69, 9.17) is 4.74 Å². The number of carbonyl (C=O) groups is 2. The summed E-state index contributed by atoms with van der Waals surface area (Å²) in [5.41, 5.74) is -1.22. The van der Waals surface area contributed by atoms with Crippen LogP contribution in [0.25, 0.3) is 0 Å². The largest absolute Gasteiger partial charge is 0.444 e. The van der Waals surface area contributed by atoms with Gasteiger partial charge in [-0.25, -0.2) is 9.59 Å². The molecule has 0 spiro atoms. The first-order chi connectivity index (χ1) is 9.81. The Kier molecular flexibility index (Phi) is 3.84. The molecule has 7 nitrogen and oxygen atoms in total. The van der Waals surface area contributed by atoms with Crippen LogP contribution >= 0.6 is 0 Å². The average Bonchev–Trinajstić information content (AvgIpc) is 2.37. The summed E-state index contributed by atoms with van der Waals surface area (Å²) in [6, 6.07) is 3.04. The highest BCUT2D eigenvalue weighted by atomic mass is 16.6. The number of carbonyl (C=O) groups excluding carboxylic acids is 2. The lowest BCUT2D eigenvalue weighted by Crippen LogP contribution is -2.61. The van der Waals surface area contributed by atoms with Crippen molar-refractivity contribution in [1.82, 2.24) is 20.9 Å². The predicted molar refractivity (Wildman–Crippen MR) is 76.1 cm³/mol. The molecule has 0 saturated carbocycles. The van der Waals surface area contributed by atoms with Crippen molar-refractivity contribution in [3.63, 3.8) is 0 Å². The van der Waals surface area contributed by atoms with Crippen LogP contribution in [0.2, 0.25) is 0 Å². The van der Waals surface area contributed by atoms with Crippen LogP contribution in [0, 0.1) is 0 Å². The molecule has 0 fully saturated rings. The molecule has 3 amide bonds. The van der Waals surface area contributed by atoms with E-state index in [1.54, 1.807) is 51.4 Å². The zero-order valence-electron chi connectivity index (χ0n) is 12.1. The number of rotatable bonds is 2. The molecule has 1 aromatic rings. The van der Waals surface area contributed by atoms with Gasteiger partial charge in [-0.1, -0.05) is 6.07 Å². The Morgan fingerprint density at radius 1 is 1.43 bits per heavy atom. The molecule has 1 atom stereocenters. The van der Waals surface area contributed by atoms with Crippen LogP contribution in [0.5, 0.6) is 0 Å². The van der Waals surface area contributed by atoms with Crippen LogP contribution in [-0.2, 0) is 10.4 Å². The first kappa shape index (κ1) is 14.8. The van der Waals surface area contributed by atoms with Crippen LogP contribution in [0.15, 0.2) is 36.8 Å². The number of alkyl carbamates (subject to hydrolysis) is 1. The number of hydrogen-bond donors (Lipinski definition) is 3. The second-order valence-electron chi connectivity index (χ2n) is 5.61. The van der Waals surface area contributed by atoms with Gasteiger partial charge in [0, 0.05) is 24.2 Å². The van der Waals surface area contributed by atoms with Crippen molar-refractivity contribution >= 4 is 12.1 Å². The topological polar surface area (TPSA) is 92.3 Å². The fraction of sp³-hybridized carbons (Fsp3) is 0.357. The summed E-state index contributed by atoms with van der Waals surface area (Å²) < 4.78 is 5.25. The van der Waals surface area contributed by atoms with Crippen molar-refractivity contribution in [3.05, 3.63) is 42.4 Å². The van der Waals surface area contributed by atoms with Gasteiger partial charge in [0.15, 0.2) is 5.66 Å². The van der Waals surface area contributed by atoms with Crippen molar-refractivity contribution in [1.29, 1.82) is 0 Å². The number of nitrogens with one attached hydrogen (secondary N) is 3. The molecule has 0 aromatic carbocycles. The molecule has 7 heteroatoms. The third-order valence-corrected chi connectivity index (χ3v) is 2.67. The summed E-state index contributed by atoms with van der Waals surface area (Å²) in [4.78, 5) is 27.7. The lowest BCUT2D eigenvalue weighted by molar-refractivity contribution is 0.0462. The van der Waals surface area contributed by atoms with Gasteiger partial charge in [0.1, 0.15) is 5.60 Å². The quantitative estimate of drug-likeness (QED) is 0.771. The van der Waals surface area contributed by atoms with Gasteiger partial charge in [-0.2, -0.15) is 0 Å². The van der Waals surface area contributed by atoms with Gasteiger partial charge in [0.05, 0.1) is 0 Å². The van der Waals surface area contributed by atoms with Gasteiger partial charge >= 0.3 is 12.1 Å². The normalized spacial score (nSPS) is 21.2. The fourth-order valence-electron chi connectivity index (χ4n) is 1.87. The minimum Gasteiger partial charge on any atom is -0.444 e. The maximum atomic E-state index is 12.1. The van der Waals surface area contributed by atoms with Gasteiger partial charge in [-0.05, 0) is 32.9 Å². The number of amides is 3. The zero-order valence-corrected chi connectivity index (χ0v) is 12.1. The number of urea groups is 1. The number of nitrogens with zero attached hydrogens (tertiary/aromatic N) is 1. The molecule has 0 aliphatic carbocycles. The molecule has 0 bridgehead atoms. The monoisotopic (exact) mass is 290 g/mol. The maximum absolute atomic E-state index is 12.1. The molecule has 1 unspecified atom stereocenters. The van der Waals surface area contributed by atoms with Gasteiger partial charge in [0.2, 0.25) is 0 Å². The van der Waals surface area contributed by atoms with E-state index in [1.165, 1.54) is 6.20 Å². The maximum Gasteiger partial charge on any atom is 0.410 e. The third kappa shape index (κ3) is 3.71. The van der Waals surface area contributed by atoms with E-state index in [1.807, 2.05) is 0 Å². The first-order valence-corrected chi connectivity index (χ1v) is 6.49. The van der Waals surface area contributed by atoms with Crippen LogP contribution in [-0.4, -0.2) is 22.7 Å². The van der Waals surface area contributed by atoms with Crippen molar-refractivity contribution in [2.75, 3.05) is 0 Å². The smallest absolute Gasteiger partial charge is 0.410 e. The summed E-state index contributed by atoms with van der Waals surface area (Å²) in [7, 11) is 0. The lowest BCUT2D eigenvalue weighted by Gasteiger charge is -2.35. The molecule has 0 saturated heterocycles. The minimum absolute atomic E-state index is 0.433. The minimum atomic E-state index is -1.20. The van der Waals surface area contributed by atoms with E-state index >= 15 is 0 Å². The van der Waals surface area contributed by atoms with Crippen LogP contribution in [0.1, 0.15) is 26.3 Å². The number of pyridine rings is 1. The second-order valence-corrected chi connectivity index (χ2v) is 5.61. The Morgan fingerprint density at radius 3 is 2.76 bits per heavy atom. The van der Waals surface area contributed by atoms with E-state index in [2.05, 4.69) is 20.9 Å². The molecule has 1 aliphatic rings. The average molecular weight is 290 g/mol. The molecule has 21 heavy (non-hydrogen) atoms. The Hall–Kier alpha value is -2.57. The predicted octanol–water partition coefficient (Wildman–Crippen LogP) is 1.59. The fourth-order valence-corrected chi connectivity index (χ4v) is 1.87. The van der Waals surface area contributed by atoms with Gasteiger partial charge in [-0.15, -0.1) is 0 Å². The highest BCUT2D eigenvalue weighted by Gasteiger charge is 2.36. The van der Waals surface area contributed by atoms with E-state index in [0.717, 1.165) is 0 Å². The molecular formula is C14H18N4O3. The molecule has 1 aliphatic heterocycles. The molecule has 1 aromatic heterocycles. The van der Waals surface area contributed by atoms with E-state index in [0.29, 0.717) is 5.56 Å². The zero-order chi connectivity index (χ0) is 15.5. The van der Waals surface area contributed by atoms with E-state index in [9.17, 15) is 9.59 Å². The number of hydrogen-bond acceptors (Lipinski definition) is 4. The van der Waals surface area contributed by atoms with E-state index in [-0.39, 0.29) is 0 Å². The molecule has 3 N–H and O–H groups in total. The first-order valence-electron chi connectivity index (χ1n) is 6.49.